The Bertz CT molecular complexity index is 646. The first-order chi connectivity index (χ1) is 8.65. The van der Waals surface area contributed by atoms with Gasteiger partial charge in [-0.05, 0) is 6.92 Å². The smallest absolute Gasteiger partial charge is 0.276 e. The lowest BCUT2D eigenvalue weighted by atomic mass is 10.3. The zero-order valence-electron chi connectivity index (χ0n) is 9.97. The lowest BCUT2D eigenvalue weighted by Crippen LogP contribution is -2.18. The van der Waals surface area contributed by atoms with E-state index in [9.17, 15) is 9.59 Å². The van der Waals surface area contributed by atoms with E-state index in [1.165, 1.54) is 16.4 Å². The second-order valence-corrected chi connectivity index (χ2v) is 5.71. The molecule has 0 saturated heterocycles. The van der Waals surface area contributed by atoms with E-state index < -0.39 is 0 Å². The summed E-state index contributed by atoms with van der Waals surface area (Å²) in [6.07, 6.45) is 6.61. The number of nitrogens with one attached hydrogen (secondary N) is 1. The monoisotopic (exact) mass is 280 g/mol. The molecule has 0 aliphatic carbocycles. The molecule has 0 aromatic rings. The summed E-state index contributed by atoms with van der Waals surface area (Å²) in [6.45, 7) is 1.87. The molecule has 2 rings (SSSR count). The molecule has 1 N–H and O–H groups in total. The minimum atomic E-state index is -0.295. The molecule has 0 radical (unpaired) electrons. The Morgan fingerprint density at radius 2 is 2.22 bits per heavy atom. The van der Waals surface area contributed by atoms with Crippen LogP contribution in [0.4, 0.5) is 5.69 Å². The van der Waals surface area contributed by atoms with E-state index >= 15 is 0 Å². The molecule has 0 aromatic heterocycles. The van der Waals surface area contributed by atoms with Gasteiger partial charge in [-0.1, -0.05) is 38.9 Å². The number of allylic oxidation sites excluding steroid dienone is 3. The first-order valence-electron chi connectivity index (χ1n) is 5.31. The maximum Gasteiger partial charge on any atom is 0.276 e. The zero-order chi connectivity index (χ0) is 13.1. The number of hydrogen-bond acceptors (Lipinski definition) is 4. The van der Waals surface area contributed by atoms with Gasteiger partial charge in [0.25, 0.3) is 5.56 Å². The van der Waals surface area contributed by atoms with Crippen molar-refractivity contribution in [1.29, 1.82) is 0 Å². The van der Waals surface area contributed by atoms with Crippen molar-refractivity contribution in [3.8, 4) is 10.6 Å². The van der Waals surface area contributed by atoms with Crippen molar-refractivity contribution in [2.24, 2.45) is 7.05 Å². The number of carbonyl (C=O) groups is 1. The van der Waals surface area contributed by atoms with Crippen LogP contribution in [0.2, 0.25) is 0 Å². The van der Waals surface area contributed by atoms with E-state index in [-0.39, 0.29) is 11.5 Å². The van der Waals surface area contributed by atoms with E-state index in [0.29, 0.717) is 5.69 Å². The number of carbonyl (C=O) groups excluding carboxylic acids is 1. The number of rotatable bonds is 3. The van der Waals surface area contributed by atoms with Gasteiger partial charge in [0.15, 0.2) is 0 Å². The van der Waals surface area contributed by atoms with Gasteiger partial charge in [0.05, 0.1) is 10.6 Å². The molecular formula is C12H12N2O2S2. The van der Waals surface area contributed by atoms with Crippen LogP contribution in [0.1, 0.15) is 6.92 Å². The summed E-state index contributed by atoms with van der Waals surface area (Å²) < 4.78 is 1.55. The van der Waals surface area contributed by atoms with Crippen molar-refractivity contribution in [2.45, 2.75) is 6.92 Å². The van der Waals surface area contributed by atoms with Crippen LogP contribution in [-0.2, 0) is 11.8 Å². The van der Waals surface area contributed by atoms with Gasteiger partial charge in [-0.25, -0.2) is 0 Å². The Balaban J connectivity index is 2.27. The minimum Gasteiger partial charge on any atom is -0.317 e. The number of amides is 1. The molecule has 1 amide bonds. The molecule has 0 spiro atoms. The highest BCUT2D eigenvalue weighted by Gasteiger charge is 2.21. The van der Waals surface area contributed by atoms with E-state index in [0.717, 1.165) is 10.6 Å². The molecule has 0 bridgehead atoms. The number of hydrogen-bond donors (Lipinski definition) is 1. The Hall–Kier alpha value is -1.66. The summed E-state index contributed by atoms with van der Waals surface area (Å²) >= 11 is 0. The third-order valence-corrected chi connectivity index (χ3v) is 4.50. The molecule has 0 fully saturated rings. The largest absolute Gasteiger partial charge is 0.317 e. The SMILES string of the molecule is C/C=C/C=C/C(=O)Nc1c2sscc-2n(C)c1=O. The van der Waals surface area contributed by atoms with Gasteiger partial charge in [0.2, 0.25) is 5.91 Å². The molecule has 0 atom stereocenters. The molecule has 4 nitrogen and oxygen atoms in total. The molecule has 2 aliphatic heterocycles. The summed E-state index contributed by atoms with van der Waals surface area (Å²) in [4.78, 5) is 24.4. The topological polar surface area (TPSA) is 51.1 Å². The van der Waals surface area contributed by atoms with Gasteiger partial charge < -0.3 is 9.88 Å². The molecule has 18 heavy (non-hydrogen) atoms. The third-order valence-electron chi connectivity index (χ3n) is 2.43. The molecular weight excluding hydrogens is 268 g/mol. The Morgan fingerprint density at radius 3 is 2.94 bits per heavy atom. The standard InChI is InChI=1S/C12H12N2O2S2/c1-3-4-5-6-9(15)13-10-11-8(7-17-18-11)14(2)12(10)16/h3-7H,1-2H3,(H,13,15)/b4-3+,6-5+. The fraction of sp³-hybridized carbons (Fsp3) is 0.167. The fourth-order valence-electron chi connectivity index (χ4n) is 1.52. The van der Waals surface area contributed by atoms with Crippen molar-refractivity contribution in [3.05, 3.63) is 40.0 Å². The highest BCUT2D eigenvalue weighted by Crippen LogP contribution is 2.36. The summed E-state index contributed by atoms with van der Waals surface area (Å²) in [5.41, 5.74) is 1.06. The summed E-state index contributed by atoms with van der Waals surface area (Å²) in [6, 6.07) is 0. The van der Waals surface area contributed by atoms with Gasteiger partial charge in [-0.2, -0.15) is 0 Å². The molecule has 0 aromatic carbocycles. The quantitative estimate of drug-likeness (QED) is 0.534. The average Bonchev–Trinajstić information content (AvgIpc) is 2.90. The van der Waals surface area contributed by atoms with Gasteiger partial charge in [0.1, 0.15) is 5.69 Å². The second kappa shape index (κ2) is 5.32. The van der Waals surface area contributed by atoms with Crippen LogP contribution in [0, 0.1) is 0 Å². The van der Waals surface area contributed by atoms with Crippen LogP contribution in [0.3, 0.4) is 0 Å². The number of anilines is 1. The Labute approximate surface area is 112 Å². The third kappa shape index (κ3) is 2.30. The molecule has 0 unspecified atom stereocenters. The van der Waals surface area contributed by atoms with E-state index in [1.54, 1.807) is 34.1 Å². The van der Waals surface area contributed by atoms with Gasteiger partial charge in [-0.3, -0.25) is 9.59 Å². The predicted octanol–water partition coefficient (Wildman–Crippen LogP) is 2.68. The maximum absolute atomic E-state index is 11.9. The Morgan fingerprint density at radius 1 is 1.44 bits per heavy atom. The lowest BCUT2D eigenvalue weighted by Gasteiger charge is -1.97. The van der Waals surface area contributed by atoms with Crippen molar-refractivity contribution in [1.82, 2.24) is 4.57 Å². The summed E-state index contributed by atoms with van der Waals surface area (Å²) in [7, 11) is 4.74. The highest BCUT2D eigenvalue weighted by atomic mass is 32.9. The lowest BCUT2D eigenvalue weighted by molar-refractivity contribution is -0.111. The van der Waals surface area contributed by atoms with Gasteiger partial charge in [0, 0.05) is 18.5 Å². The normalized spacial score (nSPS) is 11.9. The van der Waals surface area contributed by atoms with Gasteiger partial charge >= 0.3 is 0 Å². The first kappa shape index (κ1) is 12.8. The second-order valence-electron chi connectivity index (χ2n) is 3.63. The molecule has 6 heteroatoms. The fourth-order valence-corrected chi connectivity index (χ4v) is 3.82. The highest BCUT2D eigenvalue weighted by molar-refractivity contribution is 7.70. The number of fused-ring (bicyclic) bond motifs is 1. The van der Waals surface area contributed by atoms with Gasteiger partial charge in [-0.15, -0.1) is 0 Å². The first-order valence-corrected chi connectivity index (χ1v) is 7.53. The predicted molar refractivity (Wildman–Crippen MR) is 76.6 cm³/mol. The molecule has 0 saturated carbocycles. The molecule has 94 valence electrons. The van der Waals surface area contributed by atoms with Crippen molar-refractivity contribution in [2.75, 3.05) is 5.32 Å². The summed E-state index contributed by atoms with van der Waals surface area (Å²) in [5.74, 6) is -0.295. The van der Waals surface area contributed by atoms with Crippen LogP contribution in [0.25, 0.3) is 10.6 Å². The van der Waals surface area contributed by atoms with Crippen LogP contribution in [0.15, 0.2) is 34.5 Å². The van der Waals surface area contributed by atoms with Crippen LogP contribution >= 0.6 is 20.7 Å². The summed E-state index contributed by atoms with van der Waals surface area (Å²) in [5, 5.41) is 4.55. The zero-order valence-corrected chi connectivity index (χ0v) is 11.6. The van der Waals surface area contributed by atoms with Crippen LogP contribution in [-0.4, -0.2) is 10.5 Å². The van der Waals surface area contributed by atoms with E-state index in [1.807, 2.05) is 18.4 Å². The minimum absolute atomic E-state index is 0.170. The molecule has 2 heterocycles. The number of aromatic nitrogens is 1. The maximum atomic E-state index is 11.9. The number of nitrogens with zero attached hydrogens (tertiary/aromatic N) is 1. The van der Waals surface area contributed by atoms with Crippen LogP contribution < -0.4 is 10.9 Å². The molecule has 2 aliphatic rings. The van der Waals surface area contributed by atoms with Crippen LogP contribution in [0.5, 0.6) is 0 Å². The van der Waals surface area contributed by atoms with Crippen molar-refractivity contribution < 1.29 is 4.79 Å². The Kier molecular flexibility index (Phi) is 3.78. The van der Waals surface area contributed by atoms with Crippen molar-refractivity contribution >= 4 is 32.3 Å². The van der Waals surface area contributed by atoms with E-state index in [2.05, 4.69) is 5.32 Å². The van der Waals surface area contributed by atoms with Crippen molar-refractivity contribution in [3.63, 3.8) is 0 Å². The average molecular weight is 280 g/mol. The van der Waals surface area contributed by atoms with E-state index in [4.69, 9.17) is 0 Å².